The fourth-order valence-electron chi connectivity index (χ4n) is 4.48. The summed E-state index contributed by atoms with van der Waals surface area (Å²) in [4.78, 5) is 28.9. The molecule has 2 aliphatic rings. The van der Waals surface area contributed by atoms with Crippen LogP contribution in [0, 0.1) is 0 Å². The summed E-state index contributed by atoms with van der Waals surface area (Å²) < 4.78 is 0. The van der Waals surface area contributed by atoms with Gasteiger partial charge in [0.2, 0.25) is 5.91 Å². The van der Waals surface area contributed by atoms with E-state index >= 15 is 0 Å². The average molecular weight is 504 g/mol. The monoisotopic (exact) mass is 503 g/mol. The van der Waals surface area contributed by atoms with Crippen LogP contribution in [0.3, 0.4) is 0 Å². The van der Waals surface area contributed by atoms with Gasteiger partial charge in [0.15, 0.2) is 0 Å². The number of benzene rings is 2. The number of urea groups is 1. The van der Waals surface area contributed by atoms with E-state index in [-0.39, 0.29) is 11.9 Å². The summed E-state index contributed by atoms with van der Waals surface area (Å²) in [5.41, 5.74) is 2.28. The molecule has 1 heterocycles. The number of carbonyl (C=O) groups excluding carboxylic acids is 2. The van der Waals surface area contributed by atoms with Crippen LogP contribution in [0.15, 0.2) is 42.5 Å². The van der Waals surface area contributed by atoms with Crippen LogP contribution in [-0.4, -0.2) is 55.6 Å². The first-order valence-electron chi connectivity index (χ1n) is 11.9. The topological polar surface area (TPSA) is 76.7 Å². The molecule has 7 nitrogen and oxygen atoms in total. The Bertz CT molecular complexity index is 967. The van der Waals surface area contributed by atoms with E-state index in [2.05, 4.69) is 20.9 Å². The van der Waals surface area contributed by atoms with Crippen LogP contribution in [-0.2, 0) is 4.79 Å². The lowest BCUT2D eigenvalue weighted by atomic mass is 9.95. The molecule has 0 unspecified atom stereocenters. The second-order valence-electron chi connectivity index (χ2n) is 8.81. The maximum Gasteiger partial charge on any atom is 0.322 e. The third-order valence-corrected chi connectivity index (χ3v) is 7.06. The molecule has 2 fully saturated rings. The van der Waals surface area contributed by atoms with E-state index in [1.54, 1.807) is 23.1 Å². The molecule has 4 rings (SSSR count). The molecule has 9 heteroatoms. The van der Waals surface area contributed by atoms with E-state index < -0.39 is 0 Å². The van der Waals surface area contributed by atoms with Crippen molar-refractivity contribution in [3.8, 4) is 0 Å². The summed E-state index contributed by atoms with van der Waals surface area (Å²) in [5, 5.41) is 9.98. The van der Waals surface area contributed by atoms with Crippen molar-refractivity contribution >= 4 is 52.2 Å². The number of anilines is 3. The molecule has 34 heavy (non-hydrogen) atoms. The van der Waals surface area contributed by atoms with Gasteiger partial charge >= 0.3 is 6.03 Å². The van der Waals surface area contributed by atoms with Crippen molar-refractivity contribution in [2.75, 3.05) is 48.3 Å². The Kier molecular flexibility index (Phi) is 8.53. The van der Waals surface area contributed by atoms with E-state index in [0.29, 0.717) is 54.5 Å². The zero-order valence-electron chi connectivity index (χ0n) is 19.2. The van der Waals surface area contributed by atoms with Crippen LogP contribution in [0.25, 0.3) is 0 Å². The molecular weight excluding hydrogens is 473 g/mol. The number of nitrogens with one attached hydrogen (secondary N) is 3. The number of carbonyl (C=O) groups is 2. The van der Waals surface area contributed by atoms with Crippen LogP contribution < -0.4 is 20.9 Å². The van der Waals surface area contributed by atoms with Crippen molar-refractivity contribution < 1.29 is 9.59 Å². The molecule has 0 bridgehead atoms. The van der Waals surface area contributed by atoms with Crippen LogP contribution in [0.4, 0.5) is 21.9 Å². The molecule has 1 saturated heterocycles. The van der Waals surface area contributed by atoms with Gasteiger partial charge in [-0.2, -0.15) is 0 Å². The predicted molar refractivity (Wildman–Crippen MR) is 139 cm³/mol. The summed E-state index contributed by atoms with van der Waals surface area (Å²) >= 11 is 12.3. The van der Waals surface area contributed by atoms with Crippen molar-refractivity contribution in [2.24, 2.45) is 0 Å². The third-order valence-electron chi connectivity index (χ3n) is 6.43. The van der Waals surface area contributed by atoms with Crippen LogP contribution in [0.2, 0.25) is 10.0 Å². The average Bonchev–Trinajstić information content (AvgIpc) is 2.86. The molecule has 0 atom stereocenters. The maximum atomic E-state index is 12.7. The van der Waals surface area contributed by atoms with Gasteiger partial charge in [0.1, 0.15) is 0 Å². The Labute approximate surface area is 210 Å². The first kappa shape index (κ1) is 24.6. The molecule has 0 spiro atoms. The number of rotatable bonds is 6. The smallest absolute Gasteiger partial charge is 0.322 e. The number of hydrogen-bond acceptors (Lipinski definition) is 4. The summed E-state index contributed by atoms with van der Waals surface area (Å²) in [6, 6.07) is 13.2. The van der Waals surface area contributed by atoms with Crippen LogP contribution in [0.5, 0.6) is 0 Å². The van der Waals surface area contributed by atoms with Gasteiger partial charge in [0, 0.05) is 43.6 Å². The Morgan fingerprint density at radius 3 is 2.15 bits per heavy atom. The maximum absolute atomic E-state index is 12.7. The first-order valence-corrected chi connectivity index (χ1v) is 12.6. The Morgan fingerprint density at radius 1 is 0.853 bits per heavy atom. The number of nitrogens with zero attached hydrogens (tertiary/aromatic N) is 2. The standard InChI is InChI=1S/C25H31Cl2N5O2/c26-21-7-4-8-22(27)24(21)30-25(34)32-15-13-31(14-16-32)20-11-9-19(10-12-20)29-23(33)17-28-18-5-2-1-3-6-18/h4,7-12,18,28H,1-3,5-6,13-17H2,(H,29,33)(H,30,34). The molecule has 1 aliphatic heterocycles. The molecule has 0 radical (unpaired) electrons. The number of piperazine rings is 1. The molecule has 2 aromatic carbocycles. The molecule has 2 aromatic rings. The molecule has 0 aromatic heterocycles. The minimum absolute atomic E-state index is 0.0171. The highest BCUT2D eigenvalue weighted by atomic mass is 35.5. The Morgan fingerprint density at radius 2 is 1.50 bits per heavy atom. The lowest BCUT2D eigenvalue weighted by molar-refractivity contribution is -0.115. The molecular formula is C25H31Cl2N5O2. The van der Waals surface area contributed by atoms with Gasteiger partial charge in [-0.15, -0.1) is 0 Å². The molecule has 3 amide bonds. The second-order valence-corrected chi connectivity index (χ2v) is 9.63. The highest BCUT2D eigenvalue weighted by Crippen LogP contribution is 2.30. The lowest BCUT2D eigenvalue weighted by Crippen LogP contribution is -2.50. The van der Waals surface area contributed by atoms with Gasteiger partial charge in [-0.25, -0.2) is 4.79 Å². The molecule has 3 N–H and O–H groups in total. The zero-order chi connectivity index (χ0) is 23.9. The van der Waals surface area contributed by atoms with Gasteiger partial charge in [-0.1, -0.05) is 48.5 Å². The Balaban J connectivity index is 1.22. The molecule has 1 aliphatic carbocycles. The van der Waals surface area contributed by atoms with E-state index in [4.69, 9.17) is 23.2 Å². The molecule has 1 saturated carbocycles. The van der Waals surface area contributed by atoms with E-state index in [9.17, 15) is 9.59 Å². The number of halogens is 2. The van der Waals surface area contributed by atoms with Gasteiger partial charge in [0.05, 0.1) is 22.3 Å². The molecule has 182 valence electrons. The van der Waals surface area contributed by atoms with Crippen molar-refractivity contribution in [3.63, 3.8) is 0 Å². The second kappa shape index (κ2) is 11.8. The van der Waals surface area contributed by atoms with E-state index in [1.807, 2.05) is 24.3 Å². The highest BCUT2D eigenvalue weighted by Gasteiger charge is 2.22. The van der Waals surface area contributed by atoms with Gasteiger partial charge in [0.25, 0.3) is 0 Å². The third kappa shape index (κ3) is 6.56. The SMILES string of the molecule is O=C(CNC1CCCCC1)Nc1ccc(N2CCN(C(=O)Nc3c(Cl)cccc3Cl)CC2)cc1. The summed E-state index contributed by atoms with van der Waals surface area (Å²) in [5.74, 6) is -0.0171. The van der Waals surface area contributed by atoms with Gasteiger partial charge in [-0.3, -0.25) is 4.79 Å². The van der Waals surface area contributed by atoms with Crippen molar-refractivity contribution in [2.45, 2.75) is 38.1 Å². The number of para-hydroxylation sites is 1. The minimum Gasteiger partial charge on any atom is -0.368 e. The minimum atomic E-state index is -0.213. The van der Waals surface area contributed by atoms with Crippen molar-refractivity contribution in [1.29, 1.82) is 0 Å². The Hall–Kier alpha value is -2.48. The van der Waals surface area contributed by atoms with Gasteiger partial charge < -0.3 is 25.8 Å². The van der Waals surface area contributed by atoms with Crippen LogP contribution >= 0.6 is 23.2 Å². The summed E-state index contributed by atoms with van der Waals surface area (Å²) in [7, 11) is 0. The first-order chi connectivity index (χ1) is 16.5. The quantitative estimate of drug-likeness (QED) is 0.505. The normalized spacial score (nSPS) is 16.9. The van der Waals surface area contributed by atoms with E-state index in [0.717, 1.165) is 24.2 Å². The largest absolute Gasteiger partial charge is 0.368 e. The van der Waals surface area contributed by atoms with Gasteiger partial charge in [-0.05, 0) is 49.2 Å². The summed E-state index contributed by atoms with van der Waals surface area (Å²) in [6.45, 7) is 2.93. The van der Waals surface area contributed by atoms with Crippen LogP contribution in [0.1, 0.15) is 32.1 Å². The lowest BCUT2D eigenvalue weighted by Gasteiger charge is -2.36. The fourth-order valence-corrected chi connectivity index (χ4v) is 4.97. The fraction of sp³-hybridized carbons (Fsp3) is 0.440. The number of amides is 3. The van der Waals surface area contributed by atoms with Crippen molar-refractivity contribution in [3.05, 3.63) is 52.5 Å². The zero-order valence-corrected chi connectivity index (χ0v) is 20.7. The summed E-state index contributed by atoms with van der Waals surface area (Å²) in [6.07, 6.45) is 6.11. The van der Waals surface area contributed by atoms with Crippen molar-refractivity contribution in [1.82, 2.24) is 10.2 Å². The van der Waals surface area contributed by atoms with E-state index in [1.165, 1.54) is 19.3 Å². The predicted octanol–water partition coefficient (Wildman–Crippen LogP) is 5.21. The number of hydrogen-bond donors (Lipinski definition) is 3. The highest BCUT2D eigenvalue weighted by molar-refractivity contribution is 6.39.